The average molecular weight is 335 g/mol. The molecule has 0 bridgehead atoms. The van der Waals surface area contributed by atoms with Crippen molar-refractivity contribution in [1.82, 2.24) is 10.3 Å². The summed E-state index contributed by atoms with van der Waals surface area (Å²) < 4.78 is 7.00. The number of ether oxygens (including phenoxy) is 1. The van der Waals surface area contributed by atoms with E-state index >= 15 is 0 Å². The average Bonchev–Trinajstić information content (AvgIpc) is 2.44. The summed E-state index contributed by atoms with van der Waals surface area (Å²) in [5, 5.41) is 3.37. The Hall–Kier alpha value is -1.39. The number of aryl methyl sites for hydroxylation is 1. The van der Waals surface area contributed by atoms with Gasteiger partial charge in [0.15, 0.2) is 0 Å². The molecule has 106 valence electrons. The first-order valence-electron chi connectivity index (χ1n) is 6.79. The van der Waals surface area contributed by atoms with Gasteiger partial charge in [0.25, 0.3) is 0 Å². The van der Waals surface area contributed by atoms with E-state index in [0.717, 1.165) is 40.9 Å². The summed E-state index contributed by atoms with van der Waals surface area (Å²) in [6.45, 7) is 5.94. The Morgan fingerprint density at radius 3 is 2.90 bits per heavy atom. The lowest BCUT2D eigenvalue weighted by atomic mass is 10.2. The molecule has 0 spiro atoms. The van der Waals surface area contributed by atoms with Gasteiger partial charge in [0, 0.05) is 22.8 Å². The van der Waals surface area contributed by atoms with Crippen molar-refractivity contribution >= 4 is 15.9 Å². The van der Waals surface area contributed by atoms with Crippen molar-refractivity contribution in [2.45, 2.75) is 26.8 Å². The van der Waals surface area contributed by atoms with Crippen molar-refractivity contribution in [3.8, 4) is 11.6 Å². The maximum atomic E-state index is 5.95. The number of rotatable bonds is 6. The minimum Gasteiger partial charge on any atom is -0.438 e. The third-order valence-electron chi connectivity index (χ3n) is 2.94. The lowest BCUT2D eigenvalue weighted by molar-refractivity contribution is 0.449. The molecule has 0 aliphatic rings. The maximum absolute atomic E-state index is 5.95. The fourth-order valence-electron chi connectivity index (χ4n) is 1.88. The topological polar surface area (TPSA) is 34.2 Å². The van der Waals surface area contributed by atoms with E-state index in [1.165, 1.54) is 0 Å². The van der Waals surface area contributed by atoms with Crippen molar-refractivity contribution in [2.24, 2.45) is 0 Å². The second kappa shape index (κ2) is 7.41. The quantitative estimate of drug-likeness (QED) is 0.792. The second-order valence-electron chi connectivity index (χ2n) is 4.66. The van der Waals surface area contributed by atoms with Gasteiger partial charge < -0.3 is 10.1 Å². The normalized spacial score (nSPS) is 10.6. The molecule has 0 fully saturated rings. The third kappa shape index (κ3) is 4.05. The van der Waals surface area contributed by atoms with E-state index in [-0.39, 0.29) is 0 Å². The SMILES string of the molecule is CCCNCc1cccnc1Oc1ccc(Br)cc1C. The van der Waals surface area contributed by atoms with Gasteiger partial charge in [-0.15, -0.1) is 0 Å². The van der Waals surface area contributed by atoms with Crippen LogP contribution in [0.5, 0.6) is 11.6 Å². The van der Waals surface area contributed by atoms with Crippen LogP contribution in [0.25, 0.3) is 0 Å². The molecule has 2 aromatic rings. The zero-order chi connectivity index (χ0) is 14.4. The summed E-state index contributed by atoms with van der Waals surface area (Å²) in [6.07, 6.45) is 2.87. The molecule has 0 aliphatic heterocycles. The number of nitrogens with zero attached hydrogens (tertiary/aromatic N) is 1. The molecule has 1 aromatic carbocycles. The van der Waals surface area contributed by atoms with Gasteiger partial charge in [0.2, 0.25) is 5.88 Å². The number of hydrogen-bond acceptors (Lipinski definition) is 3. The lowest BCUT2D eigenvalue weighted by Gasteiger charge is -2.12. The molecule has 0 amide bonds. The molecule has 0 saturated heterocycles. The van der Waals surface area contributed by atoms with Gasteiger partial charge in [-0.25, -0.2) is 4.98 Å². The number of pyridine rings is 1. The van der Waals surface area contributed by atoms with E-state index in [1.54, 1.807) is 6.20 Å². The minimum absolute atomic E-state index is 0.668. The molecule has 0 aliphatic carbocycles. The van der Waals surface area contributed by atoms with Crippen LogP contribution in [0.4, 0.5) is 0 Å². The van der Waals surface area contributed by atoms with E-state index in [0.29, 0.717) is 5.88 Å². The van der Waals surface area contributed by atoms with Gasteiger partial charge in [0.1, 0.15) is 5.75 Å². The summed E-state index contributed by atoms with van der Waals surface area (Å²) in [7, 11) is 0. The van der Waals surface area contributed by atoms with Gasteiger partial charge in [-0.2, -0.15) is 0 Å². The number of aromatic nitrogens is 1. The van der Waals surface area contributed by atoms with Crippen LogP contribution in [-0.2, 0) is 6.54 Å². The van der Waals surface area contributed by atoms with Crippen molar-refractivity contribution in [3.05, 3.63) is 52.1 Å². The monoisotopic (exact) mass is 334 g/mol. The molecule has 4 heteroatoms. The Labute approximate surface area is 128 Å². The highest BCUT2D eigenvalue weighted by Gasteiger charge is 2.07. The zero-order valence-corrected chi connectivity index (χ0v) is 13.4. The molecule has 0 atom stereocenters. The Balaban J connectivity index is 2.16. The van der Waals surface area contributed by atoms with E-state index < -0.39 is 0 Å². The Kier molecular flexibility index (Phi) is 5.56. The van der Waals surface area contributed by atoms with E-state index in [2.05, 4.69) is 33.2 Å². The standard InChI is InChI=1S/C16H19BrN2O/c1-3-8-18-11-13-5-4-9-19-16(13)20-15-7-6-14(17)10-12(15)2/h4-7,9-10,18H,3,8,11H2,1-2H3. The van der Waals surface area contributed by atoms with Crippen molar-refractivity contribution in [1.29, 1.82) is 0 Å². The van der Waals surface area contributed by atoms with Crippen LogP contribution >= 0.6 is 15.9 Å². The minimum atomic E-state index is 0.668. The molecule has 0 radical (unpaired) electrons. The van der Waals surface area contributed by atoms with Gasteiger partial charge in [-0.05, 0) is 49.7 Å². The van der Waals surface area contributed by atoms with Crippen LogP contribution in [0.1, 0.15) is 24.5 Å². The predicted octanol–water partition coefficient (Wildman–Crippen LogP) is 4.44. The van der Waals surface area contributed by atoms with Crippen molar-refractivity contribution in [2.75, 3.05) is 6.54 Å². The molecular weight excluding hydrogens is 316 g/mol. The number of benzene rings is 1. The Bertz CT molecular complexity index is 572. The van der Waals surface area contributed by atoms with Crippen LogP contribution < -0.4 is 10.1 Å². The van der Waals surface area contributed by atoms with Crippen LogP contribution in [0.2, 0.25) is 0 Å². The van der Waals surface area contributed by atoms with Gasteiger partial charge in [-0.1, -0.05) is 28.9 Å². The summed E-state index contributed by atoms with van der Waals surface area (Å²) in [5.41, 5.74) is 2.15. The van der Waals surface area contributed by atoms with Crippen LogP contribution in [0.3, 0.4) is 0 Å². The van der Waals surface area contributed by atoms with Gasteiger partial charge in [0.05, 0.1) is 0 Å². The fraction of sp³-hybridized carbons (Fsp3) is 0.312. The Morgan fingerprint density at radius 1 is 1.30 bits per heavy atom. The molecule has 0 unspecified atom stereocenters. The Morgan fingerprint density at radius 2 is 2.15 bits per heavy atom. The zero-order valence-electron chi connectivity index (χ0n) is 11.8. The second-order valence-corrected chi connectivity index (χ2v) is 5.57. The summed E-state index contributed by atoms with van der Waals surface area (Å²) in [4.78, 5) is 4.34. The highest BCUT2D eigenvalue weighted by atomic mass is 79.9. The molecule has 2 rings (SSSR count). The van der Waals surface area contributed by atoms with Gasteiger partial charge in [-0.3, -0.25) is 0 Å². The van der Waals surface area contributed by atoms with Crippen LogP contribution in [-0.4, -0.2) is 11.5 Å². The van der Waals surface area contributed by atoms with Crippen molar-refractivity contribution in [3.63, 3.8) is 0 Å². The van der Waals surface area contributed by atoms with E-state index in [1.807, 2.05) is 37.3 Å². The maximum Gasteiger partial charge on any atom is 0.223 e. The lowest BCUT2D eigenvalue weighted by Crippen LogP contribution is -2.14. The number of nitrogens with one attached hydrogen (secondary N) is 1. The molecule has 3 nitrogen and oxygen atoms in total. The third-order valence-corrected chi connectivity index (χ3v) is 3.43. The number of halogens is 1. The van der Waals surface area contributed by atoms with Crippen LogP contribution in [0.15, 0.2) is 41.0 Å². The highest BCUT2D eigenvalue weighted by Crippen LogP contribution is 2.28. The first-order valence-corrected chi connectivity index (χ1v) is 7.58. The van der Waals surface area contributed by atoms with Crippen LogP contribution in [0, 0.1) is 6.92 Å². The fourth-order valence-corrected chi connectivity index (χ4v) is 2.36. The first-order chi connectivity index (χ1) is 9.70. The van der Waals surface area contributed by atoms with Crippen molar-refractivity contribution < 1.29 is 4.74 Å². The first kappa shape index (κ1) is 15.0. The summed E-state index contributed by atoms with van der Waals surface area (Å²) in [5.74, 6) is 1.50. The van der Waals surface area contributed by atoms with Gasteiger partial charge >= 0.3 is 0 Å². The smallest absolute Gasteiger partial charge is 0.223 e. The number of hydrogen-bond donors (Lipinski definition) is 1. The summed E-state index contributed by atoms with van der Waals surface area (Å²) >= 11 is 3.46. The molecule has 1 aromatic heterocycles. The largest absolute Gasteiger partial charge is 0.438 e. The molecule has 1 N–H and O–H groups in total. The van der Waals surface area contributed by atoms with E-state index in [9.17, 15) is 0 Å². The molecule has 0 saturated carbocycles. The highest BCUT2D eigenvalue weighted by molar-refractivity contribution is 9.10. The van der Waals surface area contributed by atoms with E-state index in [4.69, 9.17) is 4.74 Å². The molecule has 20 heavy (non-hydrogen) atoms. The summed E-state index contributed by atoms with van der Waals surface area (Å²) in [6, 6.07) is 9.94. The predicted molar refractivity (Wildman–Crippen MR) is 85.2 cm³/mol. The molecular formula is C16H19BrN2O. The molecule has 1 heterocycles.